The van der Waals surface area contributed by atoms with Gasteiger partial charge >= 0.3 is 0 Å². The number of nitriles is 1. The van der Waals surface area contributed by atoms with Crippen LogP contribution in [0.4, 0.5) is 23.1 Å². The Morgan fingerprint density at radius 1 is 1.27 bits per heavy atom. The molecule has 30 heavy (non-hydrogen) atoms. The van der Waals surface area contributed by atoms with E-state index in [0.717, 1.165) is 56.7 Å². The van der Waals surface area contributed by atoms with Crippen LogP contribution >= 0.6 is 12.4 Å². The van der Waals surface area contributed by atoms with Crippen LogP contribution in [0.15, 0.2) is 18.2 Å². The topological polar surface area (TPSA) is 120 Å². The van der Waals surface area contributed by atoms with Gasteiger partial charge in [0.25, 0.3) is 0 Å². The highest BCUT2D eigenvalue weighted by Crippen LogP contribution is 2.32. The molecule has 1 amide bonds. The standard InChI is InChI=1S/C21H25N7O.ClH/c1-13(29)24-16-4-3-7-28(12-16)20-18-5-2-6-19(18)26-21(27-20)25-17-9-14(11-22)8-15(23)10-17;/h8-10,16H,2-7,12,23H2,1H3,(H,24,29)(H,25,26,27);1H/t16-;/m1./s1. The van der Waals surface area contributed by atoms with Crippen LogP contribution in [0.5, 0.6) is 0 Å². The molecule has 2 heterocycles. The Hall–Kier alpha value is -3.05. The number of halogens is 1. The number of aryl methyl sites for hydroxylation is 1. The number of anilines is 4. The number of hydrogen-bond donors (Lipinski definition) is 3. The molecule has 2 aromatic rings. The summed E-state index contributed by atoms with van der Waals surface area (Å²) in [6.45, 7) is 3.22. The van der Waals surface area contributed by atoms with Crippen LogP contribution in [0.2, 0.25) is 0 Å². The minimum Gasteiger partial charge on any atom is -0.399 e. The van der Waals surface area contributed by atoms with Gasteiger partial charge in [-0.1, -0.05) is 0 Å². The Bertz CT molecular complexity index is 988. The Morgan fingerprint density at radius 2 is 2.10 bits per heavy atom. The number of rotatable bonds is 4. The summed E-state index contributed by atoms with van der Waals surface area (Å²) in [4.78, 5) is 23.3. The van der Waals surface area contributed by atoms with Crippen molar-refractivity contribution < 1.29 is 4.79 Å². The van der Waals surface area contributed by atoms with E-state index in [0.29, 0.717) is 22.9 Å². The summed E-state index contributed by atoms with van der Waals surface area (Å²) >= 11 is 0. The van der Waals surface area contributed by atoms with E-state index in [1.54, 1.807) is 25.1 Å². The number of nitrogens with one attached hydrogen (secondary N) is 2. The van der Waals surface area contributed by atoms with Crippen molar-refractivity contribution in [3.63, 3.8) is 0 Å². The van der Waals surface area contributed by atoms with E-state index in [-0.39, 0.29) is 24.4 Å². The fourth-order valence-electron chi connectivity index (χ4n) is 4.22. The third-order valence-corrected chi connectivity index (χ3v) is 5.38. The van der Waals surface area contributed by atoms with Crippen molar-refractivity contribution >= 4 is 41.5 Å². The van der Waals surface area contributed by atoms with Crippen molar-refractivity contribution in [3.8, 4) is 6.07 Å². The zero-order chi connectivity index (χ0) is 20.4. The van der Waals surface area contributed by atoms with Gasteiger partial charge in [0.15, 0.2) is 0 Å². The van der Waals surface area contributed by atoms with Gasteiger partial charge in [-0.25, -0.2) is 4.98 Å². The maximum atomic E-state index is 11.5. The first-order chi connectivity index (χ1) is 14.0. The van der Waals surface area contributed by atoms with E-state index in [1.165, 1.54) is 5.56 Å². The van der Waals surface area contributed by atoms with Crippen LogP contribution < -0.4 is 21.3 Å². The lowest BCUT2D eigenvalue weighted by Crippen LogP contribution is -2.47. The monoisotopic (exact) mass is 427 g/mol. The van der Waals surface area contributed by atoms with E-state index < -0.39 is 0 Å². The molecular formula is C21H26ClN7O. The highest BCUT2D eigenvalue weighted by atomic mass is 35.5. The van der Waals surface area contributed by atoms with Crippen molar-refractivity contribution in [2.75, 3.05) is 29.0 Å². The number of aromatic nitrogens is 2. The van der Waals surface area contributed by atoms with Gasteiger partial charge in [0.05, 0.1) is 17.3 Å². The molecule has 1 aromatic carbocycles. The average molecular weight is 428 g/mol. The van der Waals surface area contributed by atoms with Crippen LogP contribution in [0.3, 0.4) is 0 Å². The number of fused-ring (bicyclic) bond motifs is 1. The molecule has 4 N–H and O–H groups in total. The molecule has 1 aliphatic carbocycles. The fraction of sp³-hybridized carbons (Fsp3) is 0.429. The minimum atomic E-state index is 0. The highest BCUT2D eigenvalue weighted by Gasteiger charge is 2.27. The second-order valence-electron chi connectivity index (χ2n) is 7.72. The van der Waals surface area contributed by atoms with Crippen LogP contribution in [-0.2, 0) is 17.6 Å². The van der Waals surface area contributed by atoms with Gasteiger partial charge in [-0.2, -0.15) is 10.2 Å². The second-order valence-corrected chi connectivity index (χ2v) is 7.72. The summed E-state index contributed by atoms with van der Waals surface area (Å²) in [5.41, 5.74) is 9.89. The van der Waals surface area contributed by atoms with Gasteiger partial charge in [0.1, 0.15) is 5.82 Å². The first-order valence-corrected chi connectivity index (χ1v) is 10.0. The summed E-state index contributed by atoms with van der Waals surface area (Å²) in [6.07, 6.45) is 4.97. The SMILES string of the molecule is CC(=O)N[C@@H]1CCCN(c2nc(Nc3cc(N)cc(C#N)c3)nc3c2CCC3)C1.Cl. The predicted molar refractivity (Wildman–Crippen MR) is 119 cm³/mol. The number of benzene rings is 1. The third kappa shape index (κ3) is 4.74. The first-order valence-electron chi connectivity index (χ1n) is 10.0. The molecule has 8 nitrogen and oxygen atoms in total. The smallest absolute Gasteiger partial charge is 0.229 e. The minimum absolute atomic E-state index is 0. The maximum absolute atomic E-state index is 11.5. The summed E-state index contributed by atoms with van der Waals surface area (Å²) in [7, 11) is 0. The molecule has 1 fully saturated rings. The number of hydrogen-bond acceptors (Lipinski definition) is 7. The number of piperidine rings is 1. The lowest BCUT2D eigenvalue weighted by molar-refractivity contribution is -0.119. The van der Waals surface area contributed by atoms with E-state index in [2.05, 4.69) is 21.6 Å². The number of nitrogens with two attached hydrogens (primary N) is 1. The molecule has 0 bridgehead atoms. The van der Waals surface area contributed by atoms with E-state index in [9.17, 15) is 10.1 Å². The fourth-order valence-corrected chi connectivity index (χ4v) is 4.22. The molecule has 1 atom stereocenters. The van der Waals surface area contributed by atoms with Gasteiger partial charge < -0.3 is 21.3 Å². The maximum Gasteiger partial charge on any atom is 0.229 e. The summed E-state index contributed by atoms with van der Waals surface area (Å²) < 4.78 is 0. The summed E-state index contributed by atoms with van der Waals surface area (Å²) in [6, 6.07) is 7.39. The van der Waals surface area contributed by atoms with Gasteiger partial charge in [-0.05, 0) is 50.3 Å². The molecule has 158 valence electrons. The highest BCUT2D eigenvalue weighted by molar-refractivity contribution is 5.85. The van der Waals surface area contributed by atoms with Crippen molar-refractivity contribution in [1.29, 1.82) is 5.26 Å². The zero-order valence-corrected chi connectivity index (χ0v) is 17.8. The lowest BCUT2D eigenvalue weighted by atomic mass is 10.0. The van der Waals surface area contributed by atoms with Crippen LogP contribution in [0.1, 0.15) is 43.0 Å². The molecule has 1 aromatic heterocycles. The molecule has 0 spiro atoms. The van der Waals surface area contributed by atoms with Crippen molar-refractivity contribution in [2.45, 2.75) is 45.1 Å². The average Bonchev–Trinajstić information content (AvgIpc) is 3.15. The molecule has 1 aliphatic heterocycles. The van der Waals surface area contributed by atoms with Crippen molar-refractivity contribution in [3.05, 3.63) is 35.0 Å². The van der Waals surface area contributed by atoms with Crippen molar-refractivity contribution in [1.82, 2.24) is 15.3 Å². The van der Waals surface area contributed by atoms with Gasteiger partial charge in [0.2, 0.25) is 11.9 Å². The van der Waals surface area contributed by atoms with E-state index in [4.69, 9.17) is 15.7 Å². The number of nitrogen functional groups attached to an aromatic ring is 1. The van der Waals surface area contributed by atoms with Crippen LogP contribution in [-0.4, -0.2) is 35.0 Å². The second kappa shape index (κ2) is 9.18. The van der Waals surface area contributed by atoms with Crippen LogP contribution in [0, 0.1) is 11.3 Å². The first kappa shape index (κ1) is 21.7. The Balaban J connectivity index is 0.00000256. The third-order valence-electron chi connectivity index (χ3n) is 5.38. The van der Waals surface area contributed by atoms with Gasteiger partial charge in [-0.15, -0.1) is 12.4 Å². The van der Waals surface area contributed by atoms with E-state index >= 15 is 0 Å². The zero-order valence-electron chi connectivity index (χ0n) is 16.9. The molecule has 0 unspecified atom stereocenters. The quantitative estimate of drug-likeness (QED) is 0.641. The van der Waals surface area contributed by atoms with Gasteiger partial charge in [0, 0.05) is 43.0 Å². The number of carbonyl (C=O) groups is 1. The van der Waals surface area contributed by atoms with Crippen LogP contribution in [0.25, 0.3) is 0 Å². The number of nitrogens with zero attached hydrogens (tertiary/aromatic N) is 4. The number of amides is 1. The van der Waals surface area contributed by atoms with Crippen molar-refractivity contribution in [2.24, 2.45) is 0 Å². The summed E-state index contributed by atoms with van der Waals surface area (Å²) in [5, 5.41) is 15.4. The van der Waals surface area contributed by atoms with Gasteiger partial charge in [-0.3, -0.25) is 4.79 Å². The largest absolute Gasteiger partial charge is 0.399 e. The Kier molecular flexibility index (Phi) is 6.63. The lowest BCUT2D eigenvalue weighted by Gasteiger charge is -2.35. The molecule has 1 saturated heterocycles. The normalized spacial score (nSPS) is 17.5. The Morgan fingerprint density at radius 3 is 2.87 bits per heavy atom. The Labute approximate surface area is 182 Å². The molecule has 0 saturated carbocycles. The molecule has 4 rings (SSSR count). The predicted octanol–water partition coefficient (Wildman–Crippen LogP) is 2.69. The number of carbonyl (C=O) groups excluding carboxylic acids is 1. The molecule has 9 heteroatoms. The van der Waals surface area contributed by atoms with E-state index in [1.807, 2.05) is 0 Å². The molecule has 0 radical (unpaired) electrons. The molecular weight excluding hydrogens is 402 g/mol. The summed E-state index contributed by atoms with van der Waals surface area (Å²) in [5.74, 6) is 1.47. The molecule has 2 aliphatic rings.